The van der Waals surface area contributed by atoms with Crippen LogP contribution in [0.1, 0.15) is 17.7 Å². The van der Waals surface area contributed by atoms with Gasteiger partial charge in [-0.15, -0.1) is 0 Å². The van der Waals surface area contributed by atoms with Crippen molar-refractivity contribution >= 4 is 28.7 Å². The summed E-state index contributed by atoms with van der Waals surface area (Å²) in [6.45, 7) is 0. The highest BCUT2D eigenvalue weighted by atomic mass is 127. The van der Waals surface area contributed by atoms with Gasteiger partial charge < -0.3 is 4.57 Å². The number of benzene rings is 1. The van der Waals surface area contributed by atoms with Gasteiger partial charge in [-0.05, 0) is 71.3 Å². The maximum Gasteiger partial charge on any atom is 0.0453 e. The number of fused-ring (bicyclic) bond motifs is 1. The summed E-state index contributed by atoms with van der Waals surface area (Å²) >= 11 is 2.34. The van der Waals surface area contributed by atoms with Crippen LogP contribution >= 0.6 is 22.6 Å². The minimum absolute atomic E-state index is 1.14. The molecule has 2 aromatic rings. The molecule has 0 bridgehead atoms. The van der Waals surface area contributed by atoms with E-state index in [9.17, 15) is 0 Å². The number of halogens is 1. The summed E-state index contributed by atoms with van der Waals surface area (Å²) < 4.78 is 3.58. The van der Waals surface area contributed by atoms with E-state index in [1.807, 2.05) is 0 Å². The Balaban J connectivity index is 2.10. The predicted molar refractivity (Wildman–Crippen MR) is 75.8 cm³/mol. The molecule has 0 aliphatic heterocycles. The Morgan fingerprint density at radius 2 is 1.88 bits per heavy atom. The van der Waals surface area contributed by atoms with E-state index in [4.69, 9.17) is 0 Å². The summed E-state index contributed by atoms with van der Waals surface area (Å²) in [6, 6.07) is 10.9. The van der Waals surface area contributed by atoms with Crippen molar-refractivity contribution < 1.29 is 0 Å². The Kier molecular flexibility index (Phi) is 2.59. The molecule has 1 aromatic carbocycles. The van der Waals surface area contributed by atoms with Crippen molar-refractivity contribution in [3.05, 3.63) is 57.4 Å². The van der Waals surface area contributed by atoms with Gasteiger partial charge in [0, 0.05) is 21.1 Å². The smallest absolute Gasteiger partial charge is 0.0453 e. The Morgan fingerprint density at radius 1 is 1.06 bits per heavy atom. The van der Waals surface area contributed by atoms with Crippen LogP contribution in [0.25, 0.3) is 11.8 Å². The number of rotatable bonds is 1. The van der Waals surface area contributed by atoms with Crippen molar-refractivity contribution in [1.29, 1.82) is 0 Å². The highest BCUT2D eigenvalue weighted by Gasteiger charge is 2.10. The Labute approximate surface area is 109 Å². The molecule has 2 heteroatoms. The first kappa shape index (κ1) is 10.1. The molecule has 0 atom stereocenters. The second-order valence-corrected chi connectivity index (χ2v) is 5.25. The topological polar surface area (TPSA) is 4.93 Å². The SMILES string of the molecule is Ic1ccc(-n2ccc3c2CCC=C3)cc1. The van der Waals surface area contributed by atoms with Crippen LogP contribution in [0, 0.1) is 3.57 Å². The first-order valence-corrected chi connectivity index (χ1v) is 6.55. The molecule has 3 rings (SSSR count). The zero-order chi connectivity index (χ0) is 11.0. The molecule has 1 heterocycles. The van der Waals surface area contributed by atoms with Crippen LogP contribution < -0.4 is 0 Å². The number of allylic oxidation sites excluding steroid dienone is 1. The van der Waals surface area contributed by atoms with E-state index in [0.29, 0.717) is 0 Å². The fourth-order valence-corrected chi connectivity index (χ4v) is 2.53. The van der Waals surface area contributed by atoms with Crippen molar-refractivity contribution in [3.63, 3.8) is 0 Å². The molecule has 0 N–H and O–H groups in total. The lowest BCUT2D eigenvalue weighted by atomic mass is 10.1. The molecule has 1 aromatic heterocycles. The molecule has 0 saturated heterocycles. The third-order valence-corrected chi connectivity index (χ3v) is 3.70. The summed E-state index contributed by atoms with van der Waals surface area (Å²) in [7, 11) is 0. The van der Waals surface area contributed by atoms with Crippen molar-refractivity contribution in [3.8, 4) is 5.69 Å². The maximum absolute atomic E-state index is 2.34. The monoisotopic (exact) mass is 321 g/mol. The third kappa shape index (κ3) is 1.71. The fraction of sp³-hybridized carbons (Fsp3) is 0.143. The lowest BCUT2D eigenvalue weighted by molar-refractivity contribution is 0.874. The van der Waals surface area contributed by atoms with Gasteiger partial charge in [-0.2, -0.15) is 0 Å². The number of hydrogen-bond donors (Lipinski definition) is 0. The minimum atomic E-state index is 1.14. The molecule has 0 radical (unpaired) electrons. The maximum atomic E-state index is 2.34. The van der Waals surface area contributed by atoms with Gasteiger partial charge in [0.05, 0.1) is 0 Å². The zero-order valence-electron chi connectivity index (χ0n) is 8.86. The van der Waals surface area contributed by atoms with Gasteiger partial charge in [-0.25, -0.2) is 0 Å². The van der Waals surface area contributed by atoms with Crippen LogP contribution in [-0.4, -0.2) is 4.57 Å². The lowest BCUT2D eigenvalue weighted by Crippen LogP contribution is -2.01. The Hall–Kier alpha value is -1.03. The highest BCUT2D eigenvalue weighted by Crippen LogP contribution is 2.24. The number of hydrogen-bond acceptors (Lipinski definition) is 0. The zero-order valence-corrected chi connectivity index (χ0v) is 11.0. The largest absolute Gasteiger partial charge is 0.320 e. The standard InChI is InChI=1S/C14H12IN/c15-12-5-7-13(8-6-12)16-10-9-11-3-1-2-4-14(11)16/h1,3,5-10H,2,4H2. The first-order chi connectivity index (χ1) is 7.84. The summed E-state index contributed by atoms with van der Waals surface area (Å²) in [5.41, 5.74) is 4.06. The van der Waals surface area contributed by atoms with Crippen molar-refractivity contribution in [2.45, 2.75) is 12.8 Å². The van der Waals surface area contributed by atoms with Crippen LogP contribution in [0.2, 0.25) is 0 Å². The van der Waals surface area contributed by atoms with Crippen molar-refractivity contribution in [2.75, 3.05) is 0 Å². The number of nitrogens with zero attached hydrogens (tertiary/aromatic N) is 1. The van der Waals surface area contributed by atoms with Crippen LogP contribution in [0.3, 0.4) is 0 Å². The second kappa shape index (κ2) is 4.09. The van der Waals surface area contributed by atoms with Crippen LogP contribution in [0.5, 0.6) is 0 Å². The van der Waals surface area contributed by atoms with E-state index < -0.39 is 0 Å². The van der Waals surface area contributed by atoms with E-state index in [2.05, 4.69) is 75.8 Å². The average Bonchev–Trinajstić information content (AvgIpc) is 2.74. The Bertz CT molecular complexity index is 534. The molecule has 0 fully saturated rings. The molecule has 1 aliphatic carbocycles. The van der Waals surface area contributed by atoms with Crippen molar-refractivity contribution in [1.82, 2.24) is 4.57 Å². The summed E-state index contributed by atoms with van der Waals surface area (Å²) in [5.74, 6) is 0. The predicted octanol–water partition coefficient (Wildman–Crippen LogP) is 4.04. The molecule has 1 aliphatic rings. The fourth-order valence-electron chi connectivity index (χ4n) is 2.17. The third-order valence-electron chi connectivity index (χ3n) is 2.98. The lowest BCUT2D eigenvalue weighted by Gasteiger charge is -2.12. The molecule has 80 valence electrons. The van der Waals surface area contributed by atoms with Gasteiger partial charge in [-0.1, -0.05) is 12.2 Å². The first-order valence-electron chi connectivity index (χ1n) is 5.47. The molecular formula is C14H12IN. The van der Waals surface area contributed by atoms with E-state index in [1.165, 1.54) is 20.5 Å². The quantitative estimate of drug-likeness (QED) is 0.699. The average molecular weight is 321 g/mol. The summed E-state index contributed by atoms with van der Waals surface area (Å²) in [6.07, 6.45) is 8.94. The minimum Gasteiger partial charge on any atom is -0.320 e. The van der Waals surface area contributed by atoms with Gasteiger partial charge in [-0.3, -0.25) is 0 Å². The van der Waals surface area contributed by atoms with Crippen molar-refractivity contribution in [2.24, 2.45) is 0 Å². The highest BCUT2D eigenvalue weighted by molar-refractivity contribution is 14.1. The van der Waals surface area contributed by atoms with Gasteiger partial charge in [0.1, 0.15) is 0 Å². The normalized spacial score (nSPS) is 13.8. The van der Waals surface area contributed by atoms with Crippen LogP contribution in [0.4, 0.5) is 0 Å². The summed E-state index contributed by atoms with van der Waals surface area (Å²) in [5, 5.41) is 0. The van der Waals surface area contributed by atoms with Gasteiger partial charge in [0.25, 0.3) is 0 Å². The van der Waals surface area contributed by atoms with Gasteiger partial charge in [0.2, 0.25) is 0 Å². The Morgan fingerprint density at radius 3 is 2.69 bits per heavy atom. The number of aromatic nitrogens is 1. The van der Waals surface area contributed by atoms with Crippen LogP contribution in [-0.2, 0) is 6.42 Å². The van der Waals surface area contributed by atoms with Crippen LogP contribution in [0.15, 0.2) is 42.6 Å². The molecule has 1 nitrogen and oxygen atoms in total. The molecule has 0 spiro atoms. The molecule has 0 amide bonds. The molecule has 16 heavy (non-hydrogen) atoms. The van der Waals surface area contributed by atoms with E-state index in [-0.39, 0.29) is 0 Å². The summed E-state index contributed by atoms with van der Waals surface area (Å²) in [4.78, 5) is 0. The van der Waals surface area contributed by atoms with Gasteiger partial charge >= 0.3 is 0 Å². The second-order valence-electron chi connectivity index (χ2n) is 4.01. The van der Waals surface area contributed by atoms with Gasteiger partial charge in [0.15, 0.2) is 0 Å². The molecule has 0 unspecified atom stereocenters. The van der Waals surface area contributed by atoms with E-state index in [0.717, 1.165) is 12.8 Å². The molecule has 0 saturated carbocycles. The van der Waals surface area contributed by atoms with E-state index >= 15 is 0 Å². The molecular weight excluding hydrogens is 309 g/mol. The van der Waals surface area contributed by atoms with E-state index in [1.54, 1.807) is 0 Å².